The highest BCUT2D eigenvalue weighted by Crippen LogP contribution is 2.38. The van der Waals surface area contributed by atoms with E-state index in [0.29, 0.717) is 16.3 Å². The van der Waals surface area contributed by atoms with Crippen molar-refractivity contribution >= 4 is 70.1 Å². The van der Waals surface area contributed by atoms with Crippen LogP contribution in [0, 0.1) is 0 Å². The van der Waals surface area contributed by atoms with Gasteiger partial charge in [0.15, 0.2) is 28.9 Å². The number of amidine groups is 1. The number of rotatable bonds is 8. The third kappa shape index (κ3) is 8.24. The molecule has 0 radical (unpaired) electrons. The molecule has 0 spiro atoms. The van der Waals surface area contributed by atoms with Crippen molar-refractivity contribution in [3.05, 3.63) is 70.9 Å². The van der Waals surface area contributed by atoms with Crippen molar-refractivity contribution in [2.75, 3.05) is 11.5 Å². The molecule has 2 aromatic rings. The van der Waals surface area contributed by atoms with Crippen LogP contribution in [0.5, 0.6) is 0 Å². The molecule has 14 heteroatoms. The Bertz CT molecular complexity index is 1480. The molecule has 2 aromatic carbocycles. The van der Waals surface area contributed by atoms with Gasteiger partial charge in [-0.2, -0.15) is 0 Å². The molecule has 5 atom stereocenters. The fourth-order valence-electron chi connectivity index (χ4n) is 4.48. The fraction of sp³-hybridized carbons (Fsp3) is 0.333. The number of ether oxygens (including phenoxy) is 5. The van der Waals surface area contributed by atoms with Crippen LogP contribution in [0.15, 0.2) is 65.3 Å². The second-order valence-electron chi connectivity index (χ2n) is 9.64. The van der Waals surface area contributed by atoms with E-state index in [2.05, 4.69) is 4.99 Å². The Kier molecular flexibility index (Phi) is 10.8. The average molecular weight is 645 g/mol. The minimum Gasteiger partial charge on any atom is -0.463 e. The van der Waals surface area contributed by atoms with Crippen LogP contribution in [0.2, 0.25) is 5.02 Å². The van der Waals surface area contributed by atoms with Gasteiger partial charge in [0.1, 0.15) is 18.4 Å². The quantitative estimate of drug-likeness (QED) is 0.234. The monoisotopic (exact) mass is 644 g/mol. The molecule has 1 saturated heterocycles. The Labute approximate surface area is 262 Å². The maximum atomic E-state index is 13.7. The second kappa shape index (κ2) is 14.5. The third-order valence-electron chi connectivity index (χ3n) is 6.19. The molecular weight excluding hydrogens is 616 g/mol. The Morgan fingerprint density at radius 3 is 2.05 bits per heavy atom. The summed E-state index contributed by atoms with van der Waals surface area (Å²) in [7, 11) is 0. The number of aliphatic imine (C=N–C) groups is 1. The lowest BCUT2D eigenvalue weighted by molar-refractivity contribution is -0.237. The van der Waals surface area contributed by atoms with Crippen molar-refractivity contribution in [2.24, 2.45) is 4.99 Å². The number of thioether (sulfide) groups is 1. The number of esters is 4. The first-order valence-electron chi connectivity index (χ1n) is 13.4. The van der Waals surface area contributed by atoms with E-state index in [1.54, 1.807) is 60.7 Å². The molecule has 0 saturated carbocycles. The largest absolute Gasteiger partial charge is 0.463 e. The SMILES string of the molecule is CC(=O)OC[C@H]1OC(SC2=NC(=Cc3ccc(Cl)cc3)C(=O)N2c2ccccc2)[C@H](OC(C)=O)[C@@H](OC(C)=O)[C@@H]1OC(C)=O. The van der Waals surface area contributed by atoms with E-state index in [-0.39, 0.29) is 17.5 Å². The number of carbonyl (C=O) groups is 5. The van der Waals surface area contributed by atoms with Crippen LogP contribution in [0.1, 0.15) is 33.3 Å². The number of benzene rings is 2. The molecule has 1 fully saturated rings. The van der Waals surface area contributed by atoms with Gasteiger partial charge in [-0.15, -0.1) is 0 Å². The molecule has 1 unspecified atom stereocenters. The Hall–Kier alpha value is -4.20. The number of para-hydroxylation sites is 1. The van der Waals surface area contributed by atoms with Crippen molar-refractivity contribution in [1.82, 2.24) is 0 Å². The maximum absolute atomic E-state index is 13.7. The molecule has 232 valence electrons. The predicted octanol–water partition coefficient (Wildman–Crippen LogP) is 3.90. The first kappa shape index (κ1) is 32.7. The minimum absolute atomic E-state index is 0.101. The molecule has 2 aliphatic heterocycles. The normalized spacial score (nSPS) is 24.0. The number of nitrogens with zero attached hydrogens (tertiary/aromatic N) is 2. The standard InChI is InChI=1S/C30H29ClN2O10S/c1-16(34)39-15-24-25(40-17(2)35)26(41-18(3)36)27(42-19(4)37)29(43-24)44-30-32-23(14-20-10-12-21(31)13-11-20)28(38)33(30)22-8-6-5-7-9-22/h5-14,24-27,29H,15H2,1-4H3/t24-,25-,26+,27-,29?/m1/s1. The van der Waals surface area contributed by atoms with Crippen molar-refractivity contribution in [2.45, 2.75) is 57.5 Å². The summed E-state index contributed by atoms with van der Waals surface area (Å²) in [5.74, 6) is -3.32. The van der Waals surface area contributed by atoms with Crippen molar-refractivity contribution in [1.29, 1.82) is 0 Å². The number of amides is 1. The first-order valence-corrected chi connectivity index (χ1v) is 14.6. The summed E-state index contributed by atoms with van der Waals surface area (Å²) in [6.07, 6.45) is -3.56. The molecular formula is C30H29ClN2O10S. The van der Waals surface area contributed by atoms with E-state index in [4.69, 9.17) is 35.3 Å². The lowest BCUT2D eigenvalue weighted by atomic mass is 9.99. The molecule has 0 bridgehead atoms. The maximum Gasteiger partial charge on any atom is 0.303 e. The van der Waals surface area contributed by atoms with Gasteiger partial charge in [-0.25, -0.2) is 4.99 Å². The zero-order valence-corrected chi connectivity index (χ0v) is 25.7. The summed E-state index contributed by atoms with van der Waals surface area (Å²) in [5, 5.41) is 0.682. The zero-order chi connectivity index (χ0) is 32.0. The average Bonchev–Trinajstić information content (AvgIpc) is 3.25. The first-order chi connectivity index (χ1) is 20.9. The predicted molar refractivity (Wildman–Crippen MR) is 160 cm³/mol. The van der Waals surface area contributed by atoms with Crippen LogP contribution in [-0.2, 0) is 47.7 Å². The van der Waals surface area contributed by atoms with Crippen molar-refractivity contribution in [3.8, 4) is 0 Å². The molecule has 44 heavy (non-hydrogen) atoms. The molecule has 1 amide bonds. The number of anilines is 1. The van der Waals surface area contributed by atoms with Gasteiger partial charge in [0.2, 0.25) is 0 Å². The van der Waals surface area contributed by atoms with Gasteiger partial charge in [-0.05, 0) is 35.9 Å². The van der Waals surface area contributed by atoms with Crippen LogP contribution in [0.4, 0.5) is 5.69 Å². The summed E-state index contributed by atoms with van der Waals surface area (Å²) in [5.41, 5.74) is 0.0921. The lowest BCUT2D eigenvalue weighted by Crippen LogP contribution is -2.61. The smallest absolute Gasteiger partial charge is 0.303 e. The van der Waals surface area contributed by atoms with Crippen LogP contribution >= 0.6 is 23.4 Å². The lowest BCUT2D eigenvalue weighted by Gasteiger charge is -2.44. The number of carbonyl (C=O) groups excluding carboxylic acids is 5. The van der Waals surface area contributed by atoms with Crippen molar-refractivity contribution < 1.29 is 47.7 Å². The summed E-state index contributed by atoms with van der Waals surface area (Å²) in [4.78, 5) is 67.8. The highest BCUT2D eigenvalue weighted by molar-refractivity contribution is 8.14. The second-order valence-corrected chi connectivity index (χ2v) is 11.1. The molecule has 0 aliphatic carbocycles. The molecule has 0 N–H and O–H groups in total. The highest BCUT2D eigenvalue weighted by atomic mass is 35.5. The van der Waals surface area contributed by atoms with E-state index in [1.165, 1.54) is 11.8 Å². The summed E-state index contributed by atoms with van der Waals surface area (Å²) in [6.45, 7) is 4.23. The van der Waals surface area contributed by atoms with Gasteiger partial charge >= 0.3 is 23.9 Å². The number of hydrogen-bond acceptors (Lipinski definition) is 12. The van der Waals surface area contributed by atoms with Crippen molar-refractivity contribution in [3.63, 3.8) is 0 Å². The number of halogens is 1. The fourth-order valence-corrected chi connectivity index (χ4v) is 5.81. The van der Waals surface area contributed by atoms with E-state index in [9.17, 15) is 24.0 Å². The van der Waals surface area contributed by atoms with E-state index >= 15 is 0 Å². The van der Waals surface area contributed by atoms with Crippen LogP contribution in [0.25, 0.3) is 6.08 Å². The molecule has 0 aromatic heterocycles. The molecule has 12 nitrogen and oxygen atoms in total. The Balaban J connectivity index is 1.78. The van der Waals surface area contributed by atoms with Gasteiger partial charge in [0.05, 0.1) is 5.69 Å². The summed E-state index contributed by atoms with van der Waals surface area (Å²) in [6, 6.07) is 15.5. The van der Waals surface area contributed by atoms with Gasteiger partial charge in [-0.1, -0.05) is 53.7 Å². The van der Waals surface area contributed by atoms with E-state index in [1.807, 2.05) is 0 Å². The molecule has 2 heterocycles. The topological polar surface area (TPSA) is 147 Å². The van der Waals surface area contributed by atoms with Crippen LogP contribution in [-0.4, -0.2) is 71.4 Å². The minimum atomic E-state index is -1.36. The molecule has 2 aliphatic rings. The Morgan fingerprint density at radius 1 is 0.864 bits per heavy atom. The highest BCUT2D eigenvalue weighted by Gasteiger charge is 2.53. The number of hydrogen-bond donors (Lipinski definition) is 0. The third-order valence-corrected chi connectivity index (χ3v) is 7.54. The van der Waals surface area contributed by atoms with Gasteiger partial charge in [0, 0.05) is 32.7 Å². The van der Waals surface area contributed by atoms with Gasteiger partial charge in [0.25, 0.3) is 5.91 Å². The van der Waals surface area contributed by atoms with Gasteiger partial charge in [-0.3, -0.25) is 28.9 Å². The molecule has 4 rings (SSSR count). The van der Waals surface area contributed by atoms with Gasteiger partial charge < -0.3 is 23.7 Å². The summed E-state index contributed by atoms with van der Waals surface area (Å²) >= 11 is 6.92. The van der Waals surface area contributed by atoms with E-state index in [0.717, 1.165) is 32.5 Å². The van der Waals surface area contributed by atoms with E-state index < -0.39 is 59.6 Å². The zero-order valence-electron chi connectivity index (χ0n) is 24.1. The van der Waals surface area contributed by atoms with Crippen LogP contribution in [0.3, 0.4) is 0 Å². The van der Waals surface area contributed by atoms with Crippen LogP contribution < -0.4 is 4.90 Å². The summed E-state index contributed by atoms with van der Waals surface area (Å²) < 4.78 is 27.9. The Morgan fingerprint density at radius 2 is 1.45 bits per heavy atom.